The zero-order valence-corrected chi connectivity index (χ0v) is 17.2. The Balaban J connectivity index is 1.74. The molecule has 144 valence electrons. The molecule has 2 unspecified atom stereocenters. The van der Waals surface area contributed by atoms with Crippen LogP contribution in [0.2, 0.25) is 0 Å². The van der Waals surface area contributed by atoms with Gasteiger partial charge in [0.15, 0.2) is 0 Å². The fraction of sp³-hybridized carbons (Fsp3) is 0.107. The molecular formula is C28H14O2S. The van der Waals surface area contributed by atoms with Gasteiger partial charge in [0.25, 0.3) is 0 Å². The highest BCUT2D eigenvalue weighted by atomic mass is 32.1. The molecule has 4 aliphatic rings. The highest BCUT2D eigenvalue weighted by Gasteiger charge is 2.41. The molecule has 9 rings (SSSR count). The van der Waals surface area contributed by atoms with Gasteiger partial charge in [0.05, 0.1) is 5.56 Å². The molecule has 0 amide bonds. The molecule has 0 radical (unpaired) electrons. The topological polar surface area (TPSA) is 30.2 Å². The van der Waals surface area contributed by atoms with Gasteiger partial charge in [-0.3, -0.25) is 0 Å². The summed E-state index contributed by atoms with van der Waals surface area (Å²) in [6.07, 6.45) is 9.95. The van der Waals surface area contributed by atoms with E-state index in [1.54, 1.807) is 0 Å². The second-order valence-electron chi connectivity index (χ2n) is 9.15. The summed E-state index contributed by atoms with van der Waals surface area (Å²) in [6.45, 7) is 0. The predicted molar refractivity (Wildman–Crippen MR) is 128 cm³/mol. The van der Waals surface area contributed by atoms with Gasteiger partial charge in [0.1, 0.15) is 5.58 Å². The summed E-state index contributed by atoms with van der Waals surface area (Å²) >= 11 is 1.90. The third-order valence-corrected chi connectivity index (χ3v) is 8.96. The van der Waals surface area contributed by atoms with Crippen molar-refractivity contribution in [2.24, 2.45) is 5.92 Å². The zero-order valence-electron chi connectivity index (χ0n) is 16.4. The highest BCUT2D eigenvalue weighted by Crippen LogP contribution is 2.59. The van der Waals surface area contributed by atoms with E-state index in [4.69, 9.17) is 4.42 Å². The van der Waals surface area contributed by atoms with Crippen LogP contribution in [0.15, 0.2) is 69.4 Å². The number of rotatable bonds is 0. The molecule has 2 nitrogen and oxygen atoms in total. The number of thiophene rings is 1. The summed E-state index contributed by atoms with van der Waals surface area (Å²) in [5.41, 5.74) is 6.66. The number of hydrogen-bond donors (Lipinski definition) is 0. The average Bonchev–Trinajstić information content (AvgIpc) is 3.36. The van der Waals surface area contributed by atoms with Crippen molar-refractivity contribution >= 4 is 65.6 Å². The standard InChI is InChI=1S/C28H14O2S/c29-28-16-11-15-4-3-14-7-10-19-27-22(14)23(15)24(16)25-17(30-28)8-5-12-1-2-13-6-9-18(31-19)26(27)21(13)20(12)25/h1-10,14,22H,11H2. The molecular weight excluding hydrogens is 400 g/mol. The summed E-state index contributed by atoms with van der Waals surface area (Å²) in [4.78, 5) is 14.4. The van der Waals surface area contributed by atoms with Crippen molar-refractivity contribution < 1.29 is 4.42 Å². The fourth-order valence-corrected chi connectivity index (χ4v) is 7.85. The van der Waals surface area contributed by atoms with Gasteiger partial charge in [-0.15, -0.1) is 11.3 Å². The van der Waals surface area contributed by atoms with E-state index < -0.39 is 0 Å². The van der Waals surface area contributed by atoms with Crippen LogP contribution in [0, 0.1) is 5.92 Å². The smallest absolute Gasteiger partial charge is 0.340 e. The van der Waals surface area contributed by atoms with E-state index in [1.165, 1.54) is 53.2 Å². The quantitative estimate of drug-likeness (QED) is 0.203. The Morgan fingerprint density at radius 2 is 1.65 bits per heavy atom. The molecule has 0 aliphatic heterocycles. The van der Waals surface area contributed by atoms with E-state index in [0.29, 0.717) is 17.9 Å². The van der Waals surface area contributed by atoms with E-state index >= 15 is 0 Å². The summed E-state index contributed by atoms with van der Waals surface area (Å²) in [7, 11) is 0. The zero-order chi connectivity index (χ0) is 20.0. The second kappa shape index (κ2) is 4.74. The van der Waals surface area contributed by atoms with Crippen molar-refractivity contribution in [3.8, 4) is 0 Å². The second-order valence-corrected chi connectivity index (χ2v) is 10.2. The Kier molecular flexibility index (Phi) is 2.35. The lowest BCUT2D eigenvalue weighted by molar-refractivity contribution is 0.553. The molecule has 0 saturated heterocycles. The number of hydrogen-bond acceptors (Lipinski definition) is 3. The third-order valence-electron chi connectivity index (χ3n) is 7.83. The Labute approximate surface area is 180 Å². The molecule has 4 aliphatic carbocycles. The molecule has 0 saturated carbocycles. The Bertz CT molecular complexity index is 1890. The van der Waals surface area contributed by atoms with Gasteiger partial charge in [-0.25, -0.2) is 4.79 Å². The monoisotopic (exact) mass is 414 g/mol. The molecule has 2 aromatic heterocycles. The van der Waals surface area contributed by atoms with Gasteiger partial charge in [-0.05, 0) is 51.1 Å². The summed E-state index contributed by atoms with van der Waals surface area (Å²) in [6, 6.07) is 13.1. The SMILES string of the molecule is O=c1oc2ccc3ccc4ccc5sc6c7c5c4c3c2c2c1CC1=C2C7C(C=C1)C=C6. The van der Waals surface area contributed by atoms with Crippen molar-refractivity contribution in [1.29, 1.82) is 0 Å². The fourth-order valence-electron chi connectivity index (χ4n) is 6.67. The van der Waals surface area contributed by atoms with Crippen LogP contribution in [-0.2, 0) is 6.42 Å². The highest BCUT2D eigenvalue weighted by molar-refractivity contribution is 7.20. The van der Waals surface area contributed by atoms with Crippen molar-refractivity contribution in [1.82, 2.24) is 0 Å². The van der Waals surface area contributed by atoms with E-state index in [9.17, 15) is 4.79 Å². The van der Waals surface area contributed by atoms with Gasteiger partial charge < -0.3 is 4.42 Å². The van der Waals surface area contributed by atoms with Gasteiger partial charge in [0, 0.05) is 49.6 Å². The maximum atomic E-state index is 13.1. The Hall–Kier alpha value is -3.43. The minimum atomic E-state index is -0.177. The molecule has 0 N–H and O–H groups in total. The molecule has 0 spiro atoms. The molecule has 3 aromatic carbocycles. The normalized spacial score (nSPS) is 21.8. The number of benzene rings is 3. The van der Waals surface area contributed by atoms with Crippen LogP contribution in [0.1, 0.15) is 27.5 Å². The van der Waals surface area contributed by atoms with Crippen LogP contribution < -0.4 is 5.63 Å². The summed E-state index contributed by atoms with van der Waals surface area (Å²) in [5.74, 6) is 0.603. The maximum Gasteiger partial charge on any atom is 0.340 e. The summed E-state index contributed by atoms with van der Waals surface area (Å²) < 4.78 is 7.27. The van der Waals surface area contributed by atoms with Crippen LogP contribution in [0.25, 0.3) is 54.2 Å². The molecule has 2 atom stereocenters. The maximum absolute atomic E-state index is 13.1. The number of allylic oxidation sites excluding steroid dienone is 5. The molecule has 5 aromatic rings. The van der Waals surface area contributed by atoms with Crippen molar-refractivity contribution in [3.05, 3.63) is 92.2 Å². The first-order valence-corrected chi connectivity index (χ1v) is 11.6. The largest absolute Gasteiger partial charge is 0.422 e. The Morgan fingerprint density at radius 1 is 0.871 bits per heavy atom. The molecule has 2 heterocycles. The Morgan fingerprint density at radius 3 is 2.55 bits per heavy atom. The van der Waals surface area contributed by atoms with Crippen LogP contribution in [0.3, 0.4) is 0 Å². The molecule has 0 bridgehead atoms. The summed E-state index contributed by atoms with van der Waals surface area (Å²) in [5, 5.41) is 7.58. The minimum Gasteiger partial charge on any atom is -0.422 e. The van der Waals surface area contributed by atoms with Gasteiger partial charge >= 0.3 is 5.63 Å². The van der Waals surface area contributed by atoms with Crippen molar-refractivity contribution in [3.63, 3.8) is 0 Å². The van der Waals surface area contributed by atoms with Gasteiger partial charge in [-0.1, -0.05) is 42.5 Å². The minimum absolute atomic E-state index is 0.177. The van der Waals surface area contributed by atoms with Gasteiger partial charge in [-0.2, -0.15) is 0 Å². The average molecular weight is 414 g/mol. The van der Waals surface area contributed by atoms with Crippen LogP contribution >= 0.6 is 11.3 Å². The van der Waals surface area contributed by atoms with Crippen LogP contribution in [-0.4, -0.2) is 0 Å². The first-order valence-electron chi connectivity index (χ1n) is 10.8. The predicted octanol–water partition coefficient (Wildman–Crippen LogP) is 6.93. The lowest BCUT2D eigenvalue weighted by Gasteiger charge is -2.33. The molecule has 0 fully saturated rings. The lowest BCUT2D eigenvalue weighted by atomic mass is 9.69. The lowest BCUT2D eigenvalue weighted by Crippen LogP contribution is -2.18. The van der Waals surface area contributed by atoms with E-state index in [1.807, 2.05) is 17.4 Å². The van der Waals surface area contributed by atoms with Gasteiger partial charge in [0.2, 0.25) is 0 Å². The van der Waals surface area contributed by atoms with Crippen molar-refractivity contribution in [2.45, 2.75) is 12.3 Å². The van der Waals surface area contributed by atoms with Crippen LogP contribution in [0.4, 0.5) is 0 Å². The first-order chi connectivity index (χ1) is 15.3. The van der Waals surface area contributed by atoms with Crippen molar-refractivity contribution in [2.75, 3.05) is 0 Å². The molecule has 3 heteroatoms. The van der Waals surface area contributed by atoms with E-state index in [0.717, 1.165) is 16.5 Å². The molecule has 31 heavy (non-hydrogen) atoms. The van der Waals surface area contributed by atoms with Crippen LogP contribution in [0.5, 0.6) is 0 Å². The third kappa shape index (κ3) is 1.55. The van der Waals surface area contributed by atoms with E-state index in [-0.39, 0.29) is 11.5 Å². The van der Waals surface area contributed by atoms with E-state index in [2.05, 4.69) is 54.6 Å². The first kappa shape index (κ1) is 15.4.